The fourth-order valence-electron chi connectivity index (χ4n) is 5.79. The highest BCUT2D eigenvalue weighted by Crippen LogP contribution is 2.36. The number of phenolic OH excluding ortho intramolecular Hbond substituents is 1. The van der Waals surface area contributed by atoms with E-state index < -0.39 is 18.1 Å². The molecule has 186 valence electrons. The number of fused-ring (bicyclic) bond motifs is 1. The van der Waals surface area contributed by atoms with Gasteiger partial charge in [0.05, 0.1) is 12.1 Å². The van der Waals surface area contributed by atoms with Crippen molar-refractivity contribution in [3.8, 4) is 5.75 Å². The average molecular weight is 471 g/mol. The molecule has 1 saturated carbocycles. The summed E-state index contributed by atoms with van der Waals surface area (Å²) in [5, 5.41) is 19.2. The molecule has 1 heterocycles. The van der Waals surface area contributed by atoms with Crippen molar-refractivity contribution in [1.29, 1.82) is 0 Å². The van der Waals surface area contributed by atoms with Gasteiger partial charge in [0, 0.05) is 6.54 Å². The van der Waals surface area contributed by atoms with Crippen LogP contribution in [0.15, 0.2) is 18.2 Å². The van der Waals surface area contributed by atoms with E-state index in [1.165, 1.54) is 0 Å². The number of nitrogens with one attached hydrogen (secondary N) is 3. The molecule has 3 amide bonds. The molecule has 1 aliphatic heterocycles. The van der Waals surface area contributed by atoms with Crippen molar-refractivity contribution in [2.24, 2.45) is 5.92 Å². The number of aromatic hydroxyl groups is 1. The van der Waals surface area contributed by atoms with Gasteiger partial charge in [-0.25, -0.2) is 0 Å². The summed E-state index contributed by atoms with van der Waals surface area (Å²) < 4.78 is 0. The lowest BCUT2D eigenvalue weighted by Gasteiger charge is -2.35. The summed E-state index contributed by atoms with van der Waals surface area (Å²) in [6, 6.07) is 3.75. The van der Waals surface area contributed by atoms with Crippen LogP contribution in [-0.2, 0) is 20.8 Å². The maximum absolute atomic E-state index is 13.8. The first kappa shape index (κ1) is 24.5. The molecule has 8 heteroatoms. The minimum Gasteiger partial charge on any atom is -0.508 e. The zero-order valence-electron chi connectivity index (χ0n) is 20.3. The highest BCUT2D eigenvalue weighted by molar-refractivity contribution is 5.93. The molecule has 1 saturated heterocycles. The summed E-state index contributed by atoms with van der Waals surface area (Å²) in [5.74, 6) is -0.0962. The summed E-state index contributed by atoms with van der Waals surface area (Å²) in [6.07, 6.45) is 7.95. The maximum Gasteiger partial charge on any atom is 0.246 e. The first-order chi connectivity index (χ1) is 16.4. The van der Waals surface area contributed by atoms with Crippen LogP contribution in [0.25, 0.3) is 0 Å². The molecule has 3 aliphatic rings. The second-order valence-electron chi connectivity index (χ2n) is 10.0. The van der Waals surface area contributed by atoms with Crippen molar-refractivity contribution in [2.75, 3.05) is 13.6 Å². The summed E-state index contributed by atoms with van der Waals surface area (Å²) in [5.41, 5.74) is 1.85. The zero-order valence-corrected chi connectivity index (χ0v) is 20.3. The maximum atomic E-state index is 13.8. The SMILES string of the molecule is CN[C@@H](C)C(=O)N[C@H](C(=O)N1CCC[C@H]1C(=O)N[C@@H]1CCc2c(O)cccc21)C1CCCCC1. The van der Waals surface area contributed by atoms with Crippen LogP contribution in [-0.4, -0.2) is 59.4 Å². The van der Waals surface area contributed by atoms with Crippen LogP contribution in [0.2, 0.25) is 0 Å². The van der Waals surface area contributed by atoms with Gasteiger partial charge in [-0.15, -0.1) is 0 Å². The van der Waals surface area contributed by atoms with Gasteiger partial charge in [0.2, 0.25) is 17.7 Å². The smallest absolute Gasteiger partial charge is 0.246 e. The van der Waals surface area contributed by atoms with Crippen LogP contribution in [0.5, 0.6) is 5.75 Å². The molecule has 0 radical (unpaired) electrons. The first-order valence-electron chi connectivity index (χ1n) is 12.8. The Balaban J connectivity index is 1.47. The van der Waals surface area contributed by atoms with E-state index in [-0.39, 0.29) is 35.4 Å². The third kappa shape index (κ3) is 5.06. The topological polar surface area (TPSA) is 111 Å². The van der Waals surface area contributed by atoms with Crippen LogP contribution in [0.3, 0.4) is 0 Å². The number of rotatable bonds is 7. The van der Waals surface area contributed by atoms with Gasteiger partial charge in [-0.05, 0) is 75.6 Å². The predicted octanol–water partition coefficient (Wildman–Crippen LogP) is 2.16. The van der Waals surface area contributed by atoms with Gasteiger partial charge in [0.15, 0.2) is 0 Å². The molecular weight excluding hydrogens is 432 g/mol. The first-order valence-corrected chi connectivity index (χ1v) is 12.8. The normalized spacial score (nSPS) is 24.4. The van der Waals surface area contributed by atoms with E-state index in [9.17, 15) is 19.5 Å². The van der Waals surface area contributed by atoms with Crippen LogP contribution >= 0.6 is 0 Å². The number of carbonyl (C=O) groups excluding carboxylic acids is 3. The lowest BCUT2D eigenvalue weighted by molar-refractivity contribution is -0.143. The summed E-state index contributed by atoms with van der Waals surface area (Å²) in [4.78, 5) is 41.5. The molecule has 34 heavy (non-hydrogen) atoms. The molecular formula is C26H38N4O4. The lowest BCUT2D eigenvalue weighted by Crippen LogP contribution is -2.58. The molecule has 4 rings (SSSR count). The van der Waals surface area contributed by atoms with E-state index in [0.29, 0.717) is 13.0 Å². The standard InChI is InChI=1S/C26H38N4O4/c1-16(27-2)24(32)29-23(17-8-4-3-5-9-17)26(34)30-15-7-11-21(30)25(33)28-20-14-13-19-18(20)10-6-12-22(19)31/h6,10,12,16-17,20-21,23,27,31H,3-5,7-9,11,13-15H2,1-2H3,(H,28,33)(H,29,32)/t16-,20+,21-,23-/m0/s1. The number of hydrogen-bond acceptors (Lipinski definition) is 5. The average Bonchev–Trinajstić information content (AvgIpc) is 3.50. The Morgan fingerprint density at radius 1 is 1.06 bits per heavy atom. The minimum atomic E-state index is -0.596. The summed E-state index contributed by atoms with van der Waals surface area (Å²) in [6.45, 7) is 2.31. The molecule has 4 N–H and O–H groups in total. The molecule has 4 atom stereocenters. The van der Waals surface area contributed by atoms with E-state index in [4.69, 9.17) is 0 Å². The number of benzene rings is 1. The number of hydrogen-bond donors (Lipinski definition) is 4. The zero-order chi connectivity index (χ0) is 24.2. The third-order valence-corrected chi connectivity index (χ3v) is 7.91. The van der Waals surface area contributed by atoms with E-state index >= 15 is 0 Å². The Bertz CT molecular complexity index is 914. The largest absolute Gasteiger partial charge is 0.508 e. The number of likely N-dealkylation sites (tertiary alicyclic amines) is 1. The van der Waals surface area contributed by atoms with Crippen molar-refractivity contribution in [3.05, 3.63) is 29.3 Å². The monoisotopic (exact) mass is 470 g/mol. The number of carbonyl (C=O) groups is 3. The Labute approximate surface area is 201 Å². The van der Waals surface area contributed by atoms with Gasteiger partial charge in [-0.3, -0.25) is 14.4 Å². The molecule has 1 aromatic carbocycles. The van der Waals surface area contributed by atoms with E-state index in [1.807, 2.05) is 6.07 Å². The van der Waals surface area contributed by atoms with E-state index in [0.717, 1.165) is 62.5 Å². The summed E-state index contributed by atoms with van der Waals surface area (Å²) in [7, 11) is 1.73. The fourth-order valence-corrected chi connectivity index (χ4v) is 5.79. The van der Waals surface area contributed by atoms with Crippen molar-refractivity contribution in [3.63, 3.8) is 0 Å². The lowest BCUT2D eigenvalue weighted by atomic mass is 9.83. The molecule has 1 aromatic rings. The highest BCUT2D eigenvalue weighted by atomic mass is 16.3. The Morgan fingerprint density at radius 2 is 1.82 bits per heavy atom. The Kier molecular flexibility index (Phi) is 7.76. The molecule has 0 unspecified atom stereocenters. The van der Waals surface area contributed by atoms with Crippen molar-refractivity contribution >= 4 is 17.7 Å². The molecule has 2 fully saturated rings. The fraction of sp³-hybridized carbons (Fsp3) is 0.654. The molecule has 8 nitrogen and oxygen atoms in total. The Hall–Kier alpha value is -2.61. The highest BCUT2D eigenvalue weighted by Gasteiger charge is 2.41. The van der Waals surface area contributed by atoms with Crippen LogP contribution < -0.4 is 16.0 Å². The molecule has 0 spiro atoms. The summed E-state index contributed by atoms with van der Waals surface area (Å²) >= 11 is 0. The van der Waals surface area contributed by atoms with Crippen LogP contribution in [0.1, 0.15) is 75.5 Å². The Morgan fingerprint density at radius 3 is 2.56 bits per heavy atom. The minimum absolute atomic E-state index is 0.100. The van der Waals surface area contributed by atoms with Gasteiger partial charge < -0.3 is 26.0 Å². The second kappa shape index (κ2) is 10.8. The van der Waals surface area contributed by atoms with Crippen molar-refractivity contribution in [1.82, 2.24) is 20.9 Å². The third-order valence-electron chi connectivity index (χ3n) is 7.91. The van der Waals surface area contributed by atoms with Gasteiger partial charge >= 0.3 is 0 Å². The number of likely N-dealkylation sites (N-methyl/N-ethyl adjacent to an activating group) is 1. The molecule has 0 aromatic heterocycles. The van der Waals surface area contributed by atoms with Gasteiger partial charge in [-0.1, -0.05) is 31.4 Å². The van der Waals surface area contributed by atoms with Crippen molar-refractivity contribution < 1.29 is 19.5 Å². The van der Waals surface area contributed by atoms with Gasteiger partial charge in [0.25, 0.3) is 0 Å². The van der Waals surface area contributed by atoms with Gasteiger partial charge in [-0.2, -0.15) is 0 Å². The van der Waals surface area contributed by atoms with Crippen LogP contribution in [0.4, 0.5) is 0 Å². The van der Waals surface area contributed by atoms with E-state index in [2.05, 4.69) is 16.0 Å². The number of nitrogens with zero attached hydrogens (tertiary/aromatic N) is 1. The number of amides is 3. The van der Waals surface area contributed by atoms with Gasteiger partial charge in [0.1, 0.15) is 17.8 Å². The molecule has 0 bridgehead atoms. The van der Waals surface area contributed by atoms with Crippen molar-refractivity contribution in [2.45, 2.75) is 88.9 Å². The quantitative estimate of drug-likeness (QED) is 0.488. The molecule has 2 aliphatic carbocycles. The van der Waals surface area contributed by atoms with E-state index in [1.54, 1.807) is 31.0 Å². The van der Waals surface area contributed by atoms with Crippen LogP contribution in [0, 0.1) is 5.92 Å². The number of phenols is 1. The second-order valence-corrected chi connectivity index (χ2v) is 10.0. The predicted molar refractivity (Wildman–Crippen MR) is 129 cm³/mol.